The molecule has 1 aromatic carbocycles. The number of nitrogens with zero attached hydrogens (tertiary/aromatic N) is 1. The molecule has 1 aliphatic heterocycles. The highest BCUT2D eigenvalue weighted by Crippen LogP contribution is 2.24. The van der Waals surface area contributed by atoms with Gasteiger partial charge in [-0.3, -0.25) is 9.69 Å². The van der Waals surface area contributed by atoms with Gasteiger partial charge in [0.05, 0.1) is 11.5 Å². The molecular weight excluding hydrogens is 421 g/mol. The number of nitrogens with two attached hydrogens (primary N) is 1. The van der Waals surface area contributed by atoms with Gasteiger partial charge in [0.2, 0.25) is 0 Å². The van der Waals surface area contributed by atoms with E-state index in [-0.39, 0.29) is 48.3 Å². The molecule has 0 radical (unpaired) electrons. The number of halogens is 2. The molecule has 1 aliphatic carbocycles. The average molecular weight is 452 g/mol. The second-order valence-electron chi connectivity index (χ2n) is 7.49. The lowest BCUT2D eigenvalue weighted by Gasteiger charge is -2.31. The van der Waals surface area contributed by atoms with E-state index in [4.69, 9.17) is 5.73 Å². The number of benzene rings is 1. The smallest absolute Gasteiger partial charge is 0.251 e. The quantitative estimate of drug-likeness (QED) is 0.713. The van der Waals surface area contributed by atoms with Crippen LogP contribution < -0.4 is 11.1 Å². The maximum Gasteiger partial charge on any atom is 0.251 e. The van der Waals surface area contributed by atoms with Crippen molar-refractivity contribution in [2.45, 2.75) is 38.3 Å². The van der Waals surface area contributed by atoms with E-state index >= 15 is 0 Å². The van der Waals surface area contributed by atoms with Crippen molar-refractivity contribution in [1.29, 1.82) is 0 Å². The highest BCUT2D eigenvalue weighted by molar-refractivity contribution is 7.91. The maximum absolute atomic E-state index is 12.7. The van der Waals surface area contributed by atoms with Crippen molar-refractivity contribution in [3.8, 4) is 0 Å². The first-order chi connectivity index (χ1) is 12.5. The summed E-state index contributed by atoms with van der Waals surface area (Å²) < 4.78 is 23.1. The Labute approximate surface area is 180 Å². The van der Waals surface area contributed by atoms with Gasteiger partial charge in [-0.1, -0.05) is 25.0 Å². The van der Waals surface area contributed by atoms with Crippen molar-refractivity contribution in [3.63, 3.8) is 0 Å². The summed E-state index contributed by atoms with van der Waals surface area (Å²) in [6, 6.07) is 7.80. The molecule has 2 fully saturated rings. The zero-order chi connectivity index (χ0) is 18.6. The lowest BCUT2D eigenvalue weighted by molar-refractivity contribution is 0.0908. The van der Waals surface area contributed by atoms with Crippen molar-refractivity contribution in [1.82, 2.24) is 10.2 Å². The molecule has 1 amide bonds. The average Bonchev–Trinajstić information content (AvgIpc) is 2.64. The third kappa shape index (κ3) is 6.88. The molecule has 1 heterocycles. The van der Waals surface area contributed by atoms with E-state index in [9.17, 15) is 13.2 Å². The molecule has 0 bridgehead atoms. The Balaban J connectivity index is 0.00000196. The standard InChI is InChI=1S/C19H29N3O3S.2ClH/c20-13-17-5-1-2-7-18(17)21-19(23)16-6-3-4-15(12-16)14-22-8-10-26(24,25)11-9-22;;/h3-4,6,12,17-18H,1-2,5,7-11,13-14,20H2,(H,21,23);2*1H. The molecule has 1 aromatic rings. The maximum atomic E-state index is 12.7. The van der Waals surface area contributed by atoms with Crippen LogP contribution in [0.25, 0.3) is 0 Å². The summed E-state index contributed by atoms with van der Waals surface area (Å²) in [6.07, 6.45) is 4.41. The monoisotopic (exact) mass is 451 g/mol. The van der Waals surface area contributed by atoms with Crippen LogP contribution in [0, 0.1) is 5.92 Å². The van der Waals surface area contributed by atoms with Gasteiger partial charge in [0, 0.05) is 31.2 Å². The molecule has 6 nitrogen and oxygen atoms in total. The van der Waals surface area contributed by atoms with Crippen molar-refractivity contribution < 1.29 is 13.2 Å². The molecule has 0 spiro atoms. The molecule has 1 saturated heterocycles. The number of hydrogen-bond donors (Lipinski definition) is 2. The minimum absolute atomic E-state index is 0. The van der Waals surface area contributed by atoms with Crippen LogP contribution in [0.5, 0.6) is 0 Å². The van der Waals surface area contributed by atoms with Crippen LogP contribution in [0.4, 0.5) is 0 Å². The molecule has 2 atom stereocenters. The van der Waals surface area contributed by atoms with Crippen LogP contribution in [0.1, 0.15) is 41.6 Å². The van der Waals surface area contributed by atoms with Crippen LogP contribution in [-0.2, 0) is 16.4 Å². The Hall–Kier alpha value is -0.860. The number of rotatable bonds is 5. The normalized spacial score (nSPS) is 24.5. The summed E-state index contributed by atoms with van der Waals surface area (Å²) in [6.45, 7) is 2.40. The Morgan fingerprint density at radius 2 is 1.82 bits per heavy atom. The summed E-state index contributed by atoms with van der Waals surface area (Å²) in [5, 5.41) is 3.17. The molecule has 1 saturated carbocycles. The third-order valence-corrected chi connectivity index (χ3v) is 7.17. The second-order valence-corrected chi connectivity index (χ2v) is 9.79. The highest BCUT2D eigenvalue weighted by atomic mass is 35.5. The minimum Gasteiger partial charge on any atom is -0.349 e. The van der Waals surface area contributed by atoms with Gasteiger partial charge in [-0.15, -0.1) is 24.8 Å². The summed E-state index contributed by atoms with van der Waals surface area (Å²) in [4.78, 5) is 14.8. The molecule has 2 unspecified atom stereocenters. The minimum atomic E-state index is -2.87. The van der Waals surface area contributed by atoms with Crippen molar-refractivity contribution in [2.75, 3.05) is 31.1 Å². The molecule has 160 valence electrons. The van der Waals surface area contributed by atoms with E-state index in [0.29, 0.717) is 37.7 Å². The lowest BCUT2D eigenvalue weighted by atomic mass is 9.84. The van der Waals surface area contributed by atoms with E-state index in [1.54, 1.807) is 0 Å². The largest absolute Gasteiger partial charge is 0.349 e. The molecule has 3 rings (SSSR count). The number of hydrogen-bond acceptors (Lipinski definition) is 5. The number of amides is 1. The van der Waals surface area contributed by atoms with Gasteiger partial charge in [-0.2, -0.15) is 0 Å². The fourth-order valence-electron chi connectivity index (χ4n) is 3.91. The van der Waals surface area contributed by atoms with E-state index in [1.165, 1.54) is 6.42 Å². The van der Waals surface area contributed by atoms with Gasteiger partial charge < -0.3 is 11.1 Å². The van der Waals surface area contributed by atoms with Crippen molar-refractivity contribution in [3.05, 3.63) is 35.4 Å². The summed E-state index contributed by atoms with van der Waals surface area (Å²) in [5.74, 6) is 0.759. The number of carbonyl (C=O) groups is 1. The predicted octanol–water partition coefficient (Wildman–Crippen LogP) is 2.01. The zero-order valence-electron chi connectivity index (χ0n) is 16.0. The van der Waals surface area contributed by atoms with Gasteiger partial charge in [-0.05, 0) is 43.0 Å². The Morgan fingerprint density at radius 1 is 1.14 bits per heavy atom. The highest BCUT2D eigenvalue weighted by Gasteiger charge is 2.26. The van der Waals surface area contributed by atoms with Gasteiger partial charge in [0.1, 0.15) is 0 Å². The molecule has 9 heteroatoms. The zero-order valence-corrected chi connectivity index (χ0v) is 18.5. The Bertz CT molecular complexity index is 732. The second kappa shape index (κ2) is 11.4. The van der Waals surface area contributed by atoms with Crippen LogP contribution >= 0.6 is 24.8 Å². The van der Waals surface area contributed by atoms with Gasteiger partial charge in [0.25, 0.3) is 5.91 Å². The Kier molecular flexibility index (Phi) is 10.2. The van der Waals surface area contributed by atoms with Crippen LogP contribution in [0.15, 0.2) is 24.3 Å². The number of nitrogens with one attached hydrogen (secondary N) is 1. The fraction of sp³-hybridized carbons (Fsp3) is 0.632. The van der Waals surface area contributed by atoms with E-state index in [1.807, 2.05) is 24.3 Å². The molecule has 3 N–H and O–H groups in total. The SMILES string of the molecule is Cl.Cl.NCC1CCCCC1NC(=O)c1cccc(CN2CCS(=O)(=O)CC2)c1. The van der Waals surface area contributed by atoms with E-state index in [2.05, 4.69) is 10.2 Å². The topological polar surface area (TPSA) is 92.5 Å². The number of sulfone groups is 1. The first kappa shape index (κ1) is 25.2. The lowest BCUT2D eigenvalue weighted by Crippen LogP contribution is -2.44. The van der Waals surface area contributed by atoms with Gasteiger partial charge in [-0.25, -0.2) is 8.42 Å². The van der Waals surface area contributed by atoms with Gasteiger partial charge >= 0.3 is 0 Å². The first-order valence-corrected chi connectivity index (χ1v) is 11.3. The van der Waals surface area contributed by atoms with E-state index in [0.717, 1.165) is 24.8 Å². The summed E-state index contributed by atoms with van der Waals surface area (Å²) in [7, 11) is -2.87. The van der Waals surface area contributed by atoms with Crippen molar-refractivity contribution >= 4 is 40.6 Å². The Morgan fingerprint density at radius 3 is 2.50 bits per heavy atom. The molecule has 2 aliphatic rings. The molecular formula is C19H31Cl2N3O3S. The van der Waals surface area contributed by atoms with Crippen LogP contribution in [0.3, 0.4) is 0 Å². The molecule has 0 aromatic heterocycles. The van der Waals surface area contributed by atoms with Crippen molar-refractivity contribution in [2.24, 2.45) is 11.7 Å². The van der Waals surface area contributed by atoms with Gasteiger partial charge in [0.15, 0.2) is 9.84 Å². The van der Waals surface area contributed by atoms with E-state index < -0.39 is 9.84 Å². The number of carbonyl (C=O) groups excluding carboxylic acids is 1. The fourth-order valence-corrected chi connectivity index (χ4v) is 5.19. The summed E-state index contributed by atoms with van der Waals surface area (Å²) in [5.41, 5.74) is 7.55. The predicted molar refractivity (Wildman–Crippen MR) is 117 cm³/mol. The first-order valence-electron chi connectivity index (χ1n) is 9.49. The van der Waals surface area contributed by atoms with Crippen LogP contribution in [0.2, 0.25) is 0 Å². The van der Waals surface area contributed by atoms with Crippen LogP contribution in [-0.4, -0.2) is 56.4 Å². The third-order valence-electron chi connectivity index (χ3n) is 5.56. The molecule has 28 heavy (non-hydrogen) atoms. The summed E-state index contributed by atoms with van der Waals surface area (Å²) >= 11 is 0.